The van der Waals surface area contributed by atoms with Gasteiger partial charge in [0.2, 0.25) is 0 Å². The Kier molecular flexibility index (Phi) is 5.69. The first-order chi connectivity index (χ1) is 12.9. The third-order valence-electron chi connectivity index (χ3n) is 4.52. The van der Waals surface area contributed by atoms with Gasteiger partial charge >= 0.3 is 6.09 Å². The third kappa shape index (κ3) is 4.08. The summed E-state index contributed by atoms with van der Waals surface area (Å²) >= 11 is 6.16. The zero-order valence-electron chi connectivity index (χ0n) is 15.7. The largest absolute Gasteiger partial charge is 0.450 e. The maximum Gasteiger partial charge on any atom is 0.409 e. The molecule has 3 heterocycles. The standard InChI is InChI=1S/C17H23ClN6O3/c1-4-27-17(26)22-9-7-21(8-10-22)16(25)14-5-6-23(20-14)11-24-13(3)15(18)12(2)19-24/h5-6H,4,7-11H2,1-3H3. The second-order valence-electron chi connectivity index (χ2n) is 6.34. The monoisotopic (exact) mass is 394 g/mol. The molecule has 1 aliphatic heterocycles. The van der Waals surface area contributed by atoms with Crippen LogP contribution in [0.2, 0.25) is 5.02 Å². The van der Waals surface area contributed by atoms with Crippen molar-refractivity contribution in [2.24, 2.45) is 0 Å². The topological polar surface area (TPSA) is 85.5 Å². The molecule has 0 unspecified atom stereocenters. The summed E-state index contributed by atoms with van der Waals surface area (Å²) in [5.74, 6) is -0.149. The molecule has 0 bridgehead atoms. The van der Waals surface area contributed by atoms with Gasteiger partial charge in [0.05, 0.1) is 23.0 Å². The van der Waals surface area contributed by atoms with Gasteiger partial charge in [0, 0.05) is 32.4 Å². The van der Waals surface area contributed by atoms with Crippen LogP contribution in [0.4, 0.5) is 4.79 Å². The molecule has 0 aliphatic carbocycles. The number of halogens is 1. The third-order valence-corrected chi connectivity index (χ3v) is 5.07. The number of carbonyl (C=O) groups excluding carboxylic acids is 2. The lowest BCUT2D eigenvalue weighted by Crippen LogP contribution is -2.50. The Morgan fingerprint density at radius 1 is 1.15 bits per heavy atom. The van der Waals surface area contributed by atoms with Crippen molar-refractivity contribution in [1.29, 1.82) is 0 Å². The summed E-state index contributed by atoms with van der Waals surface area (Å²) in [6, 6.07) is 1.69. The smallest absolute Gasteiger partial charge is 0.409 e. The van der Waals surface area contributed by atoms with Crippen molar-refractivity contribution in [3.8, 4) is 0 Å². The van der Waals surface area contributed by atoms with Crippen LogP contribution in [0, 0.1) is 13.8 Å². The molecule has 0 saturated carbocycles. The predicted molar refractivity (Wildman–Crippen MR) is 98.8 cm³/mol. The lowest BCUT2D eigenvalue weighted by Gasteiger charge is -2.33. The van der Waals surface area contributed by atoms with E-state index in [1.807, 2.05) is 13.8 Å². The van der Waals surface area contributed by atoms with E-state index < -0.39 is 0 Å². The summed E-state index contributed by atoms with van der Waals surface area (Å²) in [4.78, 5) is 27.7. The van der Waals surface area contributed by atoms with Gasteiger partial charge in [-0.25, -0.2) is 9.48 Å². The summed E-state index contributed by atoms with van der Waals surface area (Å²) in [6.45, 7) is 8.05. The number of rotatable bonds is 4. The average Bonchev–Trinajstić information content (AvgIpc) is 3.22. The molecule has 0 radical (unpaired) electrons. The van der Waals surface area contributed by atoms with Crippen molar-refractivity contribution >= 4 is 23.6 Å². The van der Waals surface area contributed by atoms with E-state index in [0.29, 0.717) is 50.2 Å². The van der Waals surface area contributed by atoms with Crippen LogP contribution >= 0.6 is 11.6 Å². The molecule has 1 fully saturated rings. The Hall–Kier alpha value is -2.55. The zero-order chi connectivity index (χ0) is 19.6. The number of carbonyl (C=O) groups is 2. The highest BCUT2D eigenvalue weighted by Crippen LogP contribution is 2.18. The SMILES string of the molecule is CCOC(=O)N1CCN(C(=O)c2ccn(Cn3nc(C)c(Cl)c3C)n2)CC1. The fraction of sp³-hybridized carbons (Fsp3) is 0.529. The summed E-state index contributed by atoms with van der Waals surface area (Å²) in [5, 5.41) is 9.37. The van der Waals surface area contributed by atoms with Crippen LogP contribution in [-0.2, 0) is 11.4 Å². The van der Waals surface area contributed by atoms with E-state index in [4.69, 9.17) is 16.3 Å². The fourth-order valence-corrected chi connectivity index (χ4v) is 3.11. The Morgan fingerprint density at radius 3 is 2.41 bits per heavy atom. The van der Waals surface area contributed by atoms with Gasteiger partial charge in [-0.05, 0) is 26.8 Å². The van der Waals surface area contributed by atoms with Gasteiger partial charge in [0.1, 0.15) is 12.4 Å². The molecule has 1 saturated heterocycles. The normalized spacial score (nSPS) is 14.5. The van der Waals surface area contributed by atoms with Gasteiger partial charge in [-0.3, -0.25) is 9.48 Å². The predicted octanol–water partition coefficient (Wildman–Crippen LogP) is 1.77. The first-order valence-electron chi connectivity index (χ1n) is 8.84. The van der Waals surface area contributed by atoms with Crippen molar-refractivity contribution < 1.29 is 14.3 Å². The van der Waals surface area contributed by atoms with E-state index in [-0.39, 0.29) is 12.0 Å². The molecule has 2 amide bonds. The van der Waals surface area contributed by atoms with E-state index in [1.54, 1.807) is 38.4 Å². The van der Waals surface area contributed by atoms with Gasteiger partial charge in [0.15, 0.2) is 0 Å². The summed E-state index contributed by atoms with van der Waals surface area (Å²) in [5.41, 5.74) is 1.98. The minimum absolute atomic E-state index is 0.149. The van der Waals surface area contributed by atoms with Crippen molar-refractivity contribution in [3.63, 3.8) is 0 Å². The number of amides is 2. The fourth-order valence-electron chi connectivity index (χ4n) is 2.97. The molecule has 9 nitrogen and oxygen atoms in total. The Labute approximate surface area is 162 Å². The molecule has 10 heteroatoms. The summed E-state index contributed by atoms with van der Waals surface area (Å²) in [7, 11) is 0. The number of aryl methyl sites for hydroxylation is 1. The van der Waals surface area contributed by atoms with Crippen molar-refractivity contribution in [2.45, 2.75) is 27.4 Å². The molecule has 2 aromatic heterocycles. The number of aromatic nitrogens is 4. The van der Waals surface area contributed by atoms with Crippen LogP contribution in [-0.4, -0.2) is 74.1 Å². The van der Waals surface area contributed by atoms with Crippen LogP contribution in [0.25, 0.3) is 0 Å². The maximum absolute atomic E-state index is 12.7. The number of nitrogens with zero attached hydrogens (tertiary/aromatic N) is 6. The van der Waals surface area contributed by atoms with Gasteiger partial charge in [0.25, 0.3) is 5.91 Å². The van der Waals surface area contributed by atoms with E-state index >= 15 is 0 Å². The van der Waals surface area contributed by atoms with Crippen LogP contribution in [0.5, 0.6) is 0 Å². The van der Waals surface area contributed by atoms with Crippen LogP contribution in [0.15, 0.2) is 12.3 Å². The molecule has 0 N–H and O–H groups in total. The highest BCUT2D eigenvalue weighted by atomic mass is 35.5. The first kappa shape index (κ1) is 19.2. The quantitative estimate of drug-likeness (QED) is 0.788. The van der Waals surface area contributed by atoms with E-state index in [9.17, 15) is 9.59 Å². The highest BCUT2D eigenvalue weighted by molar-refractivity contribution is 6.31. The Morgan fingerprint density at radius 2 is 1.81 bits per heavy atom. The molecular weight excluding hydrogens is 372 g/mol. The Balaban J connectivity index is 1.60. The van der Waals surface area contributed by atoms with E-state index in [0.717, 1.165) is 11.4 Å². The van der Waals surface area contributed by atoms with E-state index in [2.05, 4.69) is 10.2 Å². The molecule has 0 spiro atoms. The molecule has 1 aliphatic rings. The zero-order valence-corrected chi connectivity index (χ0v) is 16.4. The molecule has 3 rings (SSSR count). The highest BCUT2D eigenvalue weighted by Gasteiger charge is 2.26. The van der Waals surface area contributed by atoms with Crippen molar-refractivity contribution in [1.82, 2.24) is 29.4 Å². The van der Waals surface area contributed by atoms with Gasteiger partial charge in [-0.15, -0.1) is 0 Å². The molecule has 0 atom stereocenters. The average molecular weight is 395 g/mol. The number of hydrogen-bond donors (Lipinski definition) is 0. The van der Waals surface area contributed by atoms with Crippen LogP contribution < -0.4 is 0 Å². The first-order valence-corrected chi connectivity index (χ1v) is 9.22. The van der Waals surface area contributed by atoms with Gasteiger partial charge < -0.3 is 14.5 Å². The lowest BCUT2D eigenvalue weighted by molar-refractivity contribution is 0.0565. The minimum atomic E-state index is -0.336. The molecular formula is C17H23ClN6O3. The van der Waals surface area contributed by atoms with E-state index in [1.165, 1.54) is 0 Å². The van der Waals surface area contributed by atoms with Gasteiger partial charge in [-0.2, -0.15) is 10.2 Å². The minimum Gasteiger partial charge on any atom is -0.450 e. The molecule has 2 aromatic rings. The second kappa shape index (κ2) is 7.99. The van der Waals surface area contributed by atoms with Crippen LogP contribution in [0.1, 0.15) is 28.8 Å². The van der Waals surface area contributed by atoms with Crippen LogP contribution in [0.3, 0.4) is 0 Å². The molecule has 146 valence electrons. The second-order valence-corrected chi connectivity index (χ2v) is 6.72. The summed E-state index contributed by atoms with van der Waals surface area (Å²) < 4.78 is 8.39. The van der Waals surface area contributed by atoms with Crippen molar-refractivity contribution in [3.05, 3.63) is 34.4 Å². The lowest BCUT2D eigenvalue weighted by atomic mass is 10.3. The molecule has 27 heavy (non-hydrogen) atoms. The van der Waals surface area contributed by atoms with Gasteiger partial charge in [-0.1, -0.05) is 11.6 Å². The number of piperazine rings is 1. The van der Waals surface area contributed by atoms with Crippen molar-refractivity contribution in [2.75, 3.05) is 32.8 Å². The maximum atomic E-state index is 12.7. The Bertz CT molecular complexity index is 838. The molecule has 0 aromatic carbocycles. The summed E-state index contributed by atoms with van der Waals surface area (Å²) in [6.07, 6.45) is 1.41. The number of hydrogen-bond acceptors (Lipinski definition) is 5. The number of ether oxygens (including phenoxy) is 1.